The Balaban J connectivity index is 2.18. The molecule has 0 aliphatic carbocycles. The number of ether oxygens (including phenoxy) is 1. The maximum Gasteiger partial charge on any atom is 0.337 e. The average Bonchev–Trinajstić information content (AvgIpc) is 2.90. The minimum absolute atomic E-state index is 0.0731. The highest BCUT2D eigenvalue weighted by atomic mass is 19.1. The third-order valence-corrected chi connectivity index (χ3v) is 3.17. The summed E-state index contributed by atoms with van der Waals surface area (Å²) >= 11 is 0. The lowest BCUT2D eigenvalue weighted by atomic mass is 10.2. The summed E-state index contributed by atoms with van der Waals surface area (Å²) in [6, 6.07) is 9.16. The molecule has 0 saturated heterocycles. The fourth-order valence-corrected chi connectivity index (χ4v) is 2.15. The summed E-state index contributed by atoms with van der Waals surface area (Å²) in [4.78, 5) is 18.3. The van der Waals surface area contributed by atoms with Gasteiger partial charge in [-0.25, -0.2) is 14.2 Å². The molecule has 3 aromatic rings. The zero-order chi connectivity index (χ0) is 15.0. The van der Waals surface area contributed by atoms with E-state index in [0.29, 0.717) is 16.8 Å². The average molecular weight is 286 g/mol. The Morgan fingerprint density at radius 3 is 2.81 bits per heavy atom. The molecule has 0 fully saturated rings. The van der Waals surface area contributed by atoms with Crippen LogP contribution in [0.25, 0.3) is 22.4 Å². The Morgan fingerprint density at radius 1 is 1.33 bits per heavy atom. The van der Waals surface area contributed by atoms with Gasteiger partial charge in [0.25, 0.3) is 0 Å². The van der Waals surface area contributed by atoms with Gasteiger partial charge in [-0.15, -0.1) is 0 Å². The molecule has 2 N–H and O–H groups in total. The van der Waals surface area contributed by atoms with Crippen LogP contribution in [0.3, 0.4) is 0 Å². The molecule has 106 valence electrons. The summed E-state index contributed by atoms with van der Waals surface area (Å²) < 4.78 is 19.0. The zero-order valence-electron chi connectivity index (χ0n) is 11.1. The molecule has 0 unspecified atom stereocenters. The molecule has 0 atom stereocenters. The van der Waals surface area contributed by atoms with E-state index in [9.17, 15) is 9.18 Å². The van der Waals surface area contributed by atoms with Crippen LogP contribution in [0.15, 0.2) is 36.4 Å². The van der Waals surface area contributed by atoms with Crippen molar-refractivity contribution in [3.05, 3.63) is 47.8 Å². The SMILES string of the molecule is COc1ccc(-c2nc3c(C(=O)O)cccc3[nH]2)c(F)c1. The molecule has 0 bridgehead atoms. The van der Waals surface area contributed by atoms with Crippen LogP contribution in [-0.4, -0.2) is 28.2 Å². The fraction of sp³-hybridized carbons (Fsp3) is 0.0667. The van der Waals surface area contributed by atoms with Gasteiger partial charge in [-0.05, 0) is 24.3 Å². The predicted octanol–water partition coefficient (Wildman–Crippen LogP) is 3.08. The van der Waals surface area contributed by atoms with Crippen molar-refractivity contribution in [2.75, 3.05) is 7.11 Å². The second-order valence-corrected chi connectivity index (χ2v) is 4.44. The van der Waals surface area contributed by atoms with Crippen LogP contribution in [0.4, 0.5) is 4.39 Å². The van der Waals surface area contributed by atoms with E-state index in [1.807, 2.05) is 0 Å². The van der Waals surface area contributed by atoms with Gasteiger partial charge in [0.15, 0.2) is 0 Å². The van der Waals surface area contributed by atoms with Gasteiger partial charge in [-0.2, -0.15) is 0 Å². The minimum atomic E-state index is -1.08. The van der Waals surface area contributed by atoms with Crippen molar-refractivity contribution in [1.82, 2.24) is 9.97 Å². The normalized spacial score (nSPS) is 10.8. The molecule has 21 heavy (non-hydrogen) atoms. The molecule has 1 aromatic heterocycles. The number of H-pyrrole nitrogens is 1. The van der Waals surface area contributed by atoms with Crippen molar-refractivity contribution in [1.29, 1.82) is 0 Å². The number of halogens is 1. The van der Waals surface area contributed by atoms with Gasteiger partial charge in [-0.3, -0.25) is 0 Å². The highest BCUT2D eigenvalue weighted by Gasteiger charge is 2.15. The lowest BCUT2D eigenvalue weighted by Gasteiger charge is -2.02. The Bertz CT molecular complexity index is 842. The van der Waals surface area contributed by atoms with E-state index >= 15 is 0 Å². The van der Waals surface area contributed by atoms with Crippen LogP contribution >= 0.6 is 0 Å². The Labute approximate surface area is 119 Å². The molecule has 0 radical (unpaired) electrons. The maximum atomic E-state index is 14.1. The lowest BCUT2D eigenvalue weighted by Crippen LogP contribution is -1.96. The summed E-state index contributed by atoms with van der Waals surface area (Å²) in [7, 11) is 1.45. The summed E-state index contributed by atoms with van der Waals surface area (Å²) in [5.41, 5.74) is 1.17. The molecule has 0 saturated carbocycles. The summed E-state index contributed by atoms with van der Waals surface area (Å²) in [6.07, 6.45) is 0. The minimum Gasteiger partial charge on any atom is -0.497 e. The van der Waals surface area contributed by atoms with E-state index in [1.54, 1.807) is 18.2 Å². The van der Waals surface area contributed by atoms with Crippen molar-refractivity contribution in [2.24, 2.45) is 0 Å². The molecule has 6 heteroatoms. The zero-order valence-corrected chi connectivity index (χ0v) is 11.1. The van der Waals surface area contributed by atoms with Gasteiger partial charge >= 0.3 is 5.97 Å². The highest BCUT2D eigenvalue weighted by molar-refractivity contribution is 6.01. The number of imidazole rings is 1. The first-order valence-corrected chi connectivity index (χ1v) is 6.16. The van der Waals surface area contributed by atoms with Gasteiger partial charge in [0.2, 0.25) is 0 Å². The van der Waals surface area contributed by atoms with Crippen LogP contribution in [0.1, 0.15) is 10.4 Å². The number of carboxylic acid groups (broad SMARTS) is 1. The van der Waals surface area contributed by atoms with E-state index in [0.717, 1.165) is 0 Å². The molecule has 0 aliphatic rings. The number of hydrogen-bond acceptors (Lipinski definition) is 3. The van der Waals surface area contributed by atoms with Crippen LogP contribution in [0.5, 0.6) is 5.75 Å². The number of fused-ring (bicyclic) bond motifs is 1. The Kier molecular flexibility index (Phi) is 3.06. The predicted molar refractivity (Wildman–Crippen MR) is 75.0 cm³/mol. The number of rotatable bonds is 3. The van der Waals surface area contributed by atoms with Crippen LogP contribution in [-0.2, 0) is 0 Å². The third-order valence-electron chi connectivity index (χ3n) is 3.17. The largest absolute Gasteiger partial charge is 0.497 e. The molecule has 1 heterocycles. The third kappa shape index (κ3) is 2.20. The van der Waals surface area contributed by atoms with Crippen molar-refractivity contribution in [2.45, 2.75) is 0 Å². The van der Waals surface area contributed by atoms with E-state index in [4.69, 9.17) is 9.84 Å². The summed E-state index contributed by atoms with van der Waals surface area (Å²) in [6.45, 7) is 0. The number of carboxylic acids is 1. The van der Waals surface area contributed by atoms with Crippen LogP contribution in [0, 0.1) is 5.82 Å². The van der Waals surface area contributed by atoms with Crippen LogP contribution < -0.4 is 4.74 Å². The summed E-state index contributed by atoms with van der Waals surface area (Å²) in [5.74, 6) is -0.892. The number of benzene rings is 2. The number of aromatic amines is 1. The van der Waals surface area contributed by atoms with Crippen molar-refractivity contribution < 1.29 is 19.0 Å². The van der Waals surface area contributed by atoms with Crippen LogP contribution in [0.2, 0.25) is 0 Å². The van der Waals surface area contributed by atoms with Crippen molar-refractivity contribution in [3.63, 3.8) is 0 Å². The first kappa shape index (κ1) is 13.1. The number of methoxy groups -OCH3 is 1. The molecule has 3 rings (SSSR count). The van der Waals surface area contributed by atoms with E-state index in [1.165, 1.54) is 25.3 Å². The number of nitrogens with one attached hydrogen (secondary N) is 1. The molecule has 5 nitrogen and oxygen atoms in total. The van der Waals surface area contributed by atoms with Crippen molar-refractivity contribution >= 4 is 17.0 Å². The van der Waals surface area contributed by atoms with Gasteiger partial charge in [-0.1, -0.05) is 6.07 Å². The number of hydrogen-bond donors (Lipinski definition) is 2. The number of aromatic carboxylic acids is 1. The van der Waals surface area contributed by atoms with E-state index in [2.05, 4.69) is 9.97 Å². The smallest absolute Gasteiger partial charge is 0.337 e. The van der Waals surface area contributed by atoms with E-state index < -0.39 is 11.8 Å². The monoisotopic (exact) mass is 286 g/mol. The number of carbonyl (C=O) groups is 1. The van der Waals surface area contributed by atoms with Gasteiger partial charge in [0, 0.05) is 6.07 Å². The second-order valence-electron chi connectivity index (χ2n) is 4.44. The number of para-hydroxylation sites is 1. The first-order valence-electron chi connectivity index (χ1n) is 6.16. The maximum absolute atomic E-state index is 14.1. The fourth-order valence-electron chi connectivity index (χ4n) is 2.15. The summed E-state index contributed by atoms with van der Waals surface area (Å²) in [5, 5.41) is 9.14. The molecular weight excluding hydrogens is 275 g/mol. The molecule has 2 aromatic carbocycles. The molecule has 0 amide bonds. The first-order chi connectivity index (χ1) is 10.1. The number of aromatic nitrogens is 2. The Hall–Kier alpha value is -2.89. The highest BCUT2D eigenvalue weighted by Crippen LogP contribution is 2.27. The van der Waals surface area contributed by atoms with Gasteiger partial charge in [0.05, 0.1) is 23.8 Å². The second kappa shape index (κ2) is 4.90. The molecule has 0 spiro atoms. The molecule has 0 aliphatic heterocycles. The topological polar surface area (TPSA) is 75.2 Å². The van der Waals surface area contributed by atoms with Gasteiger partial charge in [0.1, 0.15) is 22.9 Å². The van der Waals surface area contributed by atoms with E-state index in [-0.39, 0.29) is 17.0 Å². The quantitative estimate of drug-likeness (QED) is 0.776. The lowest BCUT2D eigenvalue weighted by molar-refractivity contribution is 0.0699. The Morgan fingerprint density at radius 2 is 2.14 bits per heavy atom. The standard InChI is InChI=1S/C15H11FN2O3/c1-21-8-5-6-9(11(16)7-8)14-17-12-4-2-3-10(15(19)20)13(12)18-14/h2-7H,1H3,(H,17,18)(H,19,20). The van der Waals surface area contributed by atoms with Gasteiger partial charge < -0.3 is 14.8 Å². The number of nitrogens with zero attached hydrogens (tertiary/aromatic N) is 1. The van der Waals surface area contributed by atoms with Crippen molar-refractivity contribution in [3.8, 4) is 17.1 Å². The molecular formula is C15H11FN2O3.